The second-order valence-corrected chi connectivity index (χ2v) is 4.87. The molecule has 1 rings (SSSR count). The van der Waals surface area contributed by atoms with Crippen LogP contribution in [0.3, 0.4) is 0 Å². The minimum Gasteiger partial charge on any atom is -0.487 e. The highest BCUT2D eigenvalue weighted by Crippen LogP contribution is 2.31. The molecule has 21 heavy (non-hydrogen) atoms. The predicted octanol–water partition coefficient (Wildman–Crippen LogP) is 1.88. The van der Waals surface area contributed by atoms with Crippen LogP contribution in [0.4, 0.5) is 5.69 Å². The van der Waals surface area contributed by atoms with E-state index in [9.17, 15) is 20.0 Å². The molecule has 2 N–H and O–H groups in total. The second-order valence-electron chi connectivity index (χ2n) is 4.87. The van der Waals surface area contributed by atoms with Gasteiger partial charge in [0.25, 0.3) is 5.91 Å². The first-order valence-corrected chi connectivity index (χ1v) is 6.72. The Morgan fingerprint density at radius 1 is 1.48 bits per heavy atom. The van der Waals surface area contributed by atoms with E-state index in [1.807, 2.05) is 6.92 Å². The smallest absolute Gasteiger partial charge is 0.311 e. The lowest BCUT2D eigenvalue weighted by atomic mass is 9.99. The fourth-order valence-electron chi connectivity index (χ4n) is 1.72. The predicted molar refractivity (Wildman–Crippen MR) is 77.5 cm³/mol. The van der Waals surface area contributed by atoms with Gasteiger partial charge in [-0.05, 0) is 26.3 Å². The fraction of sp³-hybridized carbons (Fsp3) is 0.500. The topological polar surface area (TPSA) is 102 Å². The number of carbonyl (C=O) groups excluding carboxylic acids is 1. The molecule has 0 heterocycles. The number of carbonyl (C=O) groups is 1. The summed E-state index contributed by atoms with van der Waals surface area (Å²) in [5.41, 5.74) is -0.962. The van der Waals surface area contributed by atoms with E-state index in [1.165, 1.54) is 18.2 Å². The molecule has 0 radical (unpaired) electrons. The van der Waals surface area contributed by atoms with Crippen LogP contribution in [-0.2, 0) is 0 Å². The van der Waals surface area contributed by atoms with Gasteiger partial charge in [0.15, 0.2) is 0 Å². The van der Waals surface area contributed by atoms with E-state index in [2.05, 4.69) is 5.32 Å². The molecule has 0 spiro atoms. The van der Waals surface area contributed by atoms with Crippen LogP contribution in [0.5, 0.6) is 5.75 Å². The van der Waals surface area contributed by atoms with Gasteiger partial charge in [-0.2, -0.15) is 0 Å². The zero-order chi connectivity index (χ0) is 16.0. The molecular formula is C14H20N2O5. The second kappa shape index (κ2) is 7.03. The van der Waals surface area contributed by atoms with Crippen LogP contribution in [0, 0.1) is 10.1 Å². The zero-order valence-corrected chi connectivity index (χ0v) is 12.4. The van der Waals surface area contributed by atoms with Crippen LogP contribution >= 0.6 is 0 Å². The number of rotatable bonds is 7. The fourth-order valence-corrected chi connectivity index (χ4v) is 1.72. The van der Waals surface area contributed by atoms with Gasteiger partial charge in [-0.1, -0.05) is 13.0 Å². The summed E-state index contributed by atoms with van der Waals surface area (Å²) in [5, 5.41) is 23.0. The van der Waals surface area contributed by atoms with Crippen molar-refractivity contribution in [1.82, 2.24) is 5.32 Å². The van der Waals surface area contributed by atoms with Crippen LogP contribution in [0.15, 0.2) is 18.2 Å². The third-order valence-corrected chi connectivity index (χ3v) is 3.27. The average Bonchev–Trinajstić information content (AvgIpc) is 2.47. The number of benzene rings is 1. The van der Waals surface area contributed by atoms with E-state index in [1.54, 1.807) is 13.8 Å². The molecule has 0 fully saturated rings. The van der Waals surface area contributed by atoms with E-state index in [0.717, 1.165) is 0 Å². The van der Waals surface area contributed by atoms with Gasteiger partial charge in [-0.25, -0.2) is 0 Å². The molecular weight excluding hydrogens is 276 g/mol. The van der Waals surface area contributed by atoms with Crippen LogP contribution in [-0.4, -0.2) is 34.7 Å². The molecule has 1 atom stereocenters. The molecule has 1 aromatic rings. The molecule has 0 aromatic heterocycles. The van der Waals surface area contributed by atoms with Gasteiger partial charge in [0.2, 0.25) is 5.75 Å². The molecule has 0 bridgehead atoms. The van der Waals surface area contributed by atoms with Crippen molar-refractivity contribution in [2.75, 3.05) is 13.2 Å². The molecule has 0 aliphatic carbocycles. The van der Waals surface area contributed by atoms with Gasteiger partial charge in [0.05, 0.1) is 29.2 Å². The Hall–Kier alpha value is -2.15. The van der Waals surface area contributed by atoms with Gasteiger partial charge in [0.1, 0.15) is 0 Å². The standard InChI is InChI=1S/C14H20N2O5/c1-4-14(3,9-17)15-13(18)10-7-6-8-11(16(19)20)12(10)21-5-2/h6-8,17H,4-5,9H2,1-3H3,(H,15,18). The minimum absolute atomic E-state index is 0.0566. The number of hydrogen-bond donors (Lipinski definition) is 2. The Balaban J connectivity index is 3.20. The molecule has 1 unspecified atom stereocenters. The summed E-state index contributed by atoms with van der Waals surface area (Å²) in [5.74, 6) is -0.570. The number of aliphatic hydroxyl groups is 1. The van der Waals surface area contributed by atoms with Crippen LogP contribution in [0.1, 0.15) is 37.6 Å². The SMILES string of the molecule is CCOc1c(C(=O)NC(C)(CC)CO)cccc1[N+](=O)[O-]. The Bertz CT molecular complexity index is 526. The van der Waals surface area contributed by atoms with E-state index in [-0.39, 0.29) is 30.2 Å². The van der Waals surface area contributed by atoms with Crippen LogP contribution in [0.2, 0.25) is 0 Å². The third-order valence-electron chi connectivity index (χ3n) is 3.27. The van der Waals surface area contributed by atoms with Gasteiger partial charge in [-0.15, -0.1) is 0 Å². The van der Waals surface area contributed by atoms with E-state index >= 15 is 0 Å². The number of aliphatic hydroxyl groups excluding tert-OH is 1. The number of amides is 1. The summed E-state index contributed by atoms with van der Waals surface area (Å²) < 4.78 is 5.27. The molecule has 0 saturated heterocycles. The van der Waals surface area contributed by atoms with Crippen LogP contribution < -0.4 is 10.1 Å². The quantitative estimate of drug-likeness (QED) is 0.591. The highest BCUT2D eigenvalue weighted by Gasteiger charge is 2.28. The average molecular weight is 296 g/mol. The van der Waals surface area contributed by atoms with Gasteiger partial charge >= 0.3 is 5.69 Å². The van der Waals surface area contributed by atoms with Gasteiger partial charge in [-0.3, -0.25) is 14.9 Å². The maximum absolute atomic E-state index is 12.3. The summed E-state index contributed by atoms with van der Waals surface area (Å²) in [6, 6.07) is 4.17. The highest BCUT2D eigenvalue weighted by atomic mass is 16.6. The molecule has 0 saturated carbocycles. The van der Waals surface area contributed by atoms with Crippen molar-refractivity contribution in [1.29, 1.82) is 0 Å². The van der Waals surface area contributed by atoms with Gasteiger partial charge in [0, 0.05) is 6.07 Å². The lowest BCUT2D eigenvalue weighted by molar-refractivity contribution is -0.385. The number of nitrogens with one attached hydrogen (secondary N) is 1. The first-order chi connectivity index (χ1) is 9.88. The van der Waals surface area contributed by atoms with Crippen molar-refractivity contribution in [3.05, 3.63) is 33.9 Å². The van der Waals surface area contributed by atoms with Crippen molar-refractivity contribution < 1.29 is 19.6 Å². The number of nitro benzene ring substituents is 1. The third kappa shape index (κ3) is 3.91. The summed E-state index contributed by atoms with van der Waals surface area (Å²) in [7, 11) is 0. The maximum Gasteiger partial charge on any atom is 0.311 e. The number of hydrogen-bond acceptors (Lipinski definition) is 5. The van der Waals surface area contributed by atoms with E-state index in [0.29, 0.717) is 6.42 Å². The van der Waals surface area contributed by atoms with E-state index in [4.69, 9.17) is 4.74 Å². The van der Waals surface area contributed by atoms with Crippen molar-refractivity contribution in [2.24, 2.45) is 0 Å². The normalized spacial score (nSPS) is 13.3. The minimum atomic E-state index is -0.787. The first-order valence-electron chi connectivity index (χ1n) is 6.72. The molecule has 1 aromatic carbocycles. The molecule has 0 aliphatic heterocycles. The Morgan fingerprint density at radius 2 is 2.14 bits per heavy atom. The van der Waals surface area contributed by atoms with Gasteiger partial charge < -0.3 is 15.2 Å². The van der Waals surface area contributed by atoms with Crippen molar-refractivity contribution in [3.8, 4) is 5.75 Å². The molecule has 116 valence electrons. The van der Waals surface area contributed by atoms with Crippen molar-refractivity contribution in [3.63, 3.8) is 0 Å². The summed E-state index contributed by atoms with van der Waals surface area (Å²) in [6.45, 7) is 5.18. The van der Waals surface area contributed by atoms with Crippen molar-refractivity contribution in [2.45, 2.75) is 32.7 Å². The first kappa shape index (κ1) is 16.9. The molecule has 7 nitrogen and oxygen atoms in total. The van der Waals surface area contributed by atoms with Crippen LogP contribution in [0.25, 0.3) is 0 Å². The summed E-state index contributed by atoms with van der Waals surface area (Å²) >= 11 is 0. The number of nitrogens with zero attached hydrogens (tertiary/aromatic N) is 1. The highest BCUT2D eigenvalue weighted by molar-refractivity contribution is 5.98. The lowest BCUT2D eigenvalue weighted by Gasteiger charge is -2.27. The zero-order valence-electron chi connectivity index (χ0n) is 12.4. The number of ether oxygens (including phenoxy) is 1. The molecule has 0 aliphatic rings. The molecule has 1 amide bonds. The number of nitro groups is 1. The maximum atomic E-state index is 12.3. The molecule has 7 heteroatoms. The summed E-state index contributed by atoms with van der Waals surface area (Å²) in [6.07, 6.45) is 0.522. The Kier molecular flexibility index (Phi) is 5.66. The van der Waals surface area contributed by atoms with E-state index < -0.39 is 16.4 Å². The largest absolute Gasteiger partial charge is 0.487 e. The Morgan fingerprint density at radius 3 is 2.62 bits per heavy atom. The monoisotopic (exact) mass is 296 g/mol. The Labute approximate surface area is 123 Å². The van der Waals surface area contributed by atoms with Crippen molar-refractivity contribution >= 4 is 11.6 Å². The number of para-hydroxylation sites is 1. The summed E-state index contributed by atoms with van der Waals surface area (Å²) in [4.78, 5) is 22.8. The lowest BCUT2D eigenvalue weighted by Crippen LogP contribution is -2.48.